The average Bonchev–Trinajstić information content (AvgIpc) is 3.03. The number of amides is 2. The molecule has 1 unspecified atom stereocenters. The van der Waals surface area contributed by atoms with Crippen LogP contribution >= 0.6 is 0 Å². The summed E-state index contributed by atoms with van der Waals surface area (Å²) in [6, 6.07) is 9.43. The lowest BCUT2D eigenvalue weighted by molar-refractivity contribution is -0.126. The van der Waals surface area contributed by atoms with Gasteiger partial charge in [-0.05, 0) is 32.4 Å². The molecule has 0 aromatic heterocycles. The molecular weight excluding hydrogens is 380 g/mol. The van der Waals surface area contributed by atoms with E-state index in [-0.39, 0.29) is 23.9 Å². The number of fused-ring (bicyclic) bond motifs is 2. The van der Waals surface area contributed by atoms with E-state index in [0.717, 1.165) is 25.8 Å². The van der Waals surface area contributed by atoms with E-state index in [1.807, 2.05) is 35.2 Å². The minimum Gasteiger partial charge on any atom is -0.353 e. The summed E-state index contributed by atoms with van der Waals surface area (Å²) in [4.78, 5) is 29.6. The number of benzene rings is 1. The van der Waals surface area contributed by atoms with Crippen LogP contribution in [0, 0.1) is 0 Å². The van der Waals surface area contributed by atoms with Crippen molar-refractivity contribution in [2.24, 2.45) is 0 Å². The molecule has 2 heterocycles. The van der Waals surface area contributed by atoms with Crippen molar-refractivity contribution < 1.29 is 18.0 Å². The molecule has 2 N–H and O–H groups in total. The van der Waals surface area contributed by atoms with E-state index in [9.17, 15) is 18.0 Å². The van der Waals surface area contributed by atoms with Gasteiger partial charge < -0.3 is 10.2 Å². The molecule has 0 spiro atoms. The van der Waals surface area contributed by atoms with Crippen molar-refractivity contribution in [1.29, 1.82) is 0 Å². The Kier molecular flexibility index (Phi) is 5.79. The smallest absolute Gasteiger partial charge is 0.254 e. The summed E-state index contributed by atoms with van der Waals surface area (Å²) in [7, 11) is -3.50. The zero-order valence-electron chi connectivity index (χ0n) is 16.5. The second-order valence-corrected chi connectivity index (χ2v) is 9.87. The third-order valence-corrected chi connectivity index (χ3v) is 6.23. The SMILES string of the molecule is CC(C)(NS(C)(=O)=O)C(=O)NC[C@@H]1CN(C(=O)c2ccccc2)[C@H]2CCN1C2. The van der Waals surface area contributed by atoms with Gasteiger partial charge in [0.2, 0.25) is 15.9 Å². The Morgan fingerprint density at radius 1 is 1.18 bits per heavy atom. The van der Waals surface area contributed by atoms with Crippen molar-refractivity contribution in [2.75, 3.05) is 32.4 Å². The maximum atomic E-state index is 12.9. The topological polar surface area (TPSA) is 98.8 Å². The van der Waals surface area contributed by atoms with Crippen LogP contribution in [0.5, 0.6) is 0 Å². The van der Waals surface area contributed by atoms with Crippen LogP contribution in [0.15, 0.2) is 30.3 Å². The molecular formula is C19H28N4O4S. The molecule has 2 aliphatic rings. The van der Waals surface area contributed by atoms with Crippen molar-refractivity contribution >= 4 is 21.8 Å². The van der Waals surface area contributed by atoms with E-state index < -0.39 is 15.6 Å². The second-order valence-electron chi connectivity index (χ2n) is 8.12. The lowest BCUT2D eigenvalue weighted by Crippen LogP contribution is -2.60. The largest absolute Gasteiger partial charge is 0.353 e. The minimum atomic E-state index is -3.50. The summed E-state index contributed by atoms with van der Waals surface area (Å²) < 4.78 is 25.3. The van der Waals surface area contributed by atoms with Gasteiger partial charge in [-0.1, -0.05) is 18.2 Å². The van der Waals surface area contributed by atoms with Gasteiger partial charge in [-0.2, -0.15) is 0 Å². The molecule has 28 heavy (non-hydrogen) atoms. The highest BCUT2D eigenvalue weighted by molar-refractivity contribution is 7.88. The van der Waals surface area contributed by atoms with Gasteiger partial charge in [-0.25, -0.2) is 13.1 Å². The first-order valence-electron chi connectivity index (χ1n) is 9.44. The molecule has 2 fully saturated rings. The summed E-state index contributed by atoms with van der Waals surface area (Å²) in [6.45, 7) is 5.64. The van der Waals surface area contributed by atoms with Crippen LogP contribution in [0.2, 0.25) is 0 Å². The number of carbonyl (C=O) groups excluding carboxylic acids is 2. The monoisotopic (exact) mass is 408 g/mol. The second kappa shape index (κ2) is 7.81. The first-order chi connectivity index (χ1) is 13.1. The van der Waals surface area contributed by atoms with Gasteiger partial charge in [0.15, 0.2) is 0 Å². The first-order valence-corrected chi connectivity index (χ1v) is 11.3. The predicted octanol–water partition coefficient (Wildman–Crippen LogP) is 0.0293. The van der Waals surface area contributed by atoms with E-state index >= 15 is 0 Å². The molecule has 2 amide bonds. The Morgan fingerprint density at radius 3 is 2.50 bits per heavy atom. The van der Waals surface area contributed by atoms with Crippen LogP contribution in [0.4, 0.5) is 0 Å². The molecule has 0 saturated carbocycles. The molecule has 9 heteroatoms. The molecule has 2 bridgehead atoms. The van der Waals surface area contributed by atoms with Crippen molar-refractivity contribution in [3.8, 4) is 0 Å². The zero-order valence-corrected chi connectivity index (χ0v) is 17.3. The number of rotatable bonds is 6. The zero-order chi connectivity index (χ0) is 20.5. The predicted molar refractivity (Wildman–Crippen MR) is 106 cm³/mol. The number of hydrogen-bond acceptors (Lipinski definition) is 5. The maximum absolute atomic E-state index is 12.9. The summed E-state index contributed by atoms with van der Waals surface area (Å²) >= 11 is 0. The molecule has 2 saturated heterocycles. The molecule has 8 nitrogen and oxygen atoms in total. The average molecular weight is 409 g/mol. The third-order valence-electron chi connectivity index (χ3n) is 5.35. The third kappa shape index (κ3) is 4.71. The summed E-state index contributed by atoms with van der Waals surface area (Å²) in [5.41, 5.74) is -0.570. The van der Waals surface area contributed by atoms with E-state index in [1.165, 1.54) is 13.8 Å². The Bertz CT molecular complexity index is 841. The number of carbonyl (C=O) groups is 2. The van der Waals surface area contributed by atoms with E-state index in [4.69, 9.17) is 0 Å². The van der Waals surface area contributed by atoms with Gasteiger partial charge in [0.1, 0.15) is 5.54 Å². The van der Waals surface area contributed by atoms with Crippen LogP contribution in [-0.4, -0.2) is 80.1 Å². The molecule has 3 rings (SSSR count). The minimum absolute atomic E-state index is 0.00407. The highest BCUT2D eigenvalue weighted by Gasteiger charge is 2.41. The number of nitrogens with zero attached hydrogens (tertiary/aromatic N) is 2. The van der Waals surface area contributed by atoms with Crippen LogP contribution < -0.4 is 10.0 Å². The van der Waals surface area contributed by atoms with Crippen LogP contribution in [-0.2, 0) is 14.8 Å². The van der Waals surface area contributed by atoms with Gasteiger partial charge in [0.05, 0.1) is 6.26 Å². The fourth-order valence-electron chi connectivity index (χ4n) is 3.98. The molecule has 154 valence electrons. The number of sulfonamides is 1. The fourth-order valence-corrected chi connectivity index (χ4v) is 5.00. The highest BCUT2D eigenvalue weighted by Crippen LogP contribution is 2.26. The van der Waals surface area contributed by atoms with Gasteiger partial charge in [0.25, 0.3) is 5.91 Å². The molecule has 1 aromatic rings. The van der Waals surface area contributed by atoms with Gasteiger partial charge in [0, 0.05) is 43.8 Å². The Balaban J connectivity index is 1.64. The first kappa shape index (κ1) is 20.8. The Morgan fingerprint density at radius 2 is 1.86 bits per heavy atom. The van der Waals surface area contributed by atoms with E-state index in [2.05, 4.69) is 14.9 Å². The number of piperazine rings is 1. The molecule has 0 aliphatic carbocycles. The number of nitrogens with one attached hydrogen (secondary N) is 2. The fraction of sp³-hybridized carbons (Fsp3) is 0.579. The standard InChI is InChI=1S/C19H28N4O4S/c1-19(2,21-28(3,26)27)18(25)20-11-16-13-23(15-9-10-22(16)12-15)17(24)14-7-5-4-6-8-14/h4-8,15-16,21H,9-13H2,1-3H3,(H,20,25)/t15-,16+/m0/s1. The quantitative estimate of drug-likeness (QED) is 0.692. The molecule has 2 aliphatic heterocycles. The van der Waals surface area contributed by atoms with Crippen molar-refractivity contribution in [1.82, 2.24) is 19.8 Å². The van der Waals surface area contributed by atoms with Crippen molar-refractivity contribution in [2.45, 2.75) is 37.9 Å². The Labute approximate surface area is 166 Å². The summed E-state index contributed by atoms with van der Waals surface area (Å²) in [5.74, 6) is -0.372. The molecule has 1 aromatic carbocycles. The maximum Gasteiger partial charge on any atom is 0.254 e. The lowest BCUT2D eigenvalue weighted by Gasteiger charge is -2.40. The van der Waals surface area contributed by atoms with E-state index in [0.29, 0.717) is 18.7 Å². The van der Waals surface area contributed by atoms with Crippen molar-refractivity contribution in [3.63, 3.8) is 0 Å². The highest BCUT2D eigenvalue weighted by atomic mass is 32.2. The van der Waals surface area contributed by atoms with Gasteiger partial charge in [-0.3, -0.25) is 14.5 Å². The van der Waals surface area contributed by atoms with Crippen LogP contribution in [0.25, 0.3) is 0 Å². The summed E-state index contributed by atoms with van der Waals surface area (Å²) in [5, 5.41) is 2.85. The van der Waals surface area contributed by atoms with E-state index in [1.54, 1.807) is 0 Å². The lowest BCUT2D eigenvalue weighted by atomic mass is 10.1. The van der Waals surface area contributed by atoms with Crippen molar-refractivity contribution in [3.05, 3.63) is 35.9 Å². The molecule has 3 atom stereocenters. The normalized spacial score (nSPS) is 24.8. The number of hydrogen-bond donors (Lipinski definition) is 2. The van der Waals surface area contributed by atoms with Gasteiger partial charge >= 0.3 is 0 Å². The Hall–Kier alpha value is -1.97. The van der Waals surface area contributed by atoms with Gasteiger partial charge in [-0.15, -0.1) is 0 Å². The van der Waals surface area contributed by atoms with Crippen LogP contribution in [0.1, 0.15) is 30.6 Å². The van der Waals surface area contributed by atoms with Crippen LogP contribution in [0.3, 0.4) is 0 Å². The molecule has 0 radical (unpaired) electrons. The summed E-state index contributed by atoms with van der Waals surface area (Å²) in [6.07, 6.45) is 1.95.